The summed E-state index contributed by atoms with van der Waals surface area (Å²) in [5.41, 5.74) is 6.93. The van der Waals surface area contributed by atoms with Crippen molar-refractivity contribution in [3.63, 3.8) is 0 Å². The molecule has 4 heteroatoms. The fraction of sp³-hybridized carbons (Fsp3) is 0. The molecule has 2 heterocycles. The number of nitrogen functional groups attached to an aromatic ring is 1. The molecule has 2 aromatic rings. The van der Waals surface area contributed by atoms with E-state index in [4.69, 9.17) is 12.3 Å². The zero-order valence-corrected chi connectivity index (χ0v) is 6.23. The quantitative estimate of drug-likeness (QED) is 0.590. The molecule has 0 aliphatic heterocycles. The third-order valence-corrected chi connectivity index (χ3v) is 1.62. The van der Waals surface area contributed by atoms with Gasteiger partial charge in [-0.05, 0) is 6.07 Å². The second kappa shape index (κ2) is 2.24. The first-order valence-corrected chi connectivity index (χ1v) is 3.41. The molecule has 12 heavy (non-hydrogen) atoms. The molecule has 2 rings (SSSR count). The second-order valence-corrected chi connectivity index (χ2v) is 2.42. The first-order valence-electron chi connectivity index (χ1n) is 3.41. The Labute approximate surface area is 69.1 Å². The van der Waals surface area contributed by atoms with E-state index in [0.717, 1.165) is 5.65 Å². The summed E-state index contributed by atoms with van der Waals surface area (Å²) in [5, 5.41) is 0. The summed E-state index contributed by atoms with van der Waals surface area (Å²) in [6.07, 6.45) is 3.22. The lowest BCUT2D eigenvalue weighted by atomic mass is 10.4. The number of anilines is 1. The Morgan fingerprint density at radius 1 is 1.50 bits per heavy atom. The van der Waals surface area contributed by atoms with Crippen molar-refractivity contribution in [1.29, 1.82) is 0 Å². The largest absolute Gasteiger partial charge is 0.396 e. The molecule has 0 aliphatic carbocycles. The summed E-state index contributed by atoms with van der Waals surface area (Å²) in [5.74, 6) is 0.484. The fourth-order valence-corrected chi connectivity index (χ4v) is 1.07. The highest BCUT2D eigenvalue weighted by atomic mass is 15.1. The van der Waals surface area contributed by atoms with Gasteiger partial charge in [0.25, 0.3) is 5.82 Å². The van der Waals surface area contributed by atoms with Crippen LogP contribution in [0.3, 0.4) is 0 Å². The van der Waals surface area contributed by atoms with Crippen LogP contribution < -0.4 is 5.73 Å². The minimum atomic E-state index is 0.484. The van der Waals surface area contributed by atoms with Crippen molar-refractivity contribution in [3.8, 4) is 0 Å². The lowest BCUT2D eigenvalue weighted by Gasteiger charge is -1.92. The molecule has 0 spiro atoms. The maximum Gasteiger partial charge on any atom is 0.254 e. The first kappa shape index (κ1) is 6.68. The normalized spacial score (nSPS) is 9.92. The minimum absolute atomic E-state index is 0.484. The topological polar surface area (TPSA) is 47.7 Å². The molecule has 4 nitrogen and oxygen atoms in total. The Morgan fingerprint density at radius 3 is 3.08 bits per heavy atom. The molecule has 0 bridgehead atoms. The van der Waals surface area contributed by atoms with Gasteiger partial charge in [-0.3, -0.25) is 0 Å². The Hall–Kier alpha value is -2.02. The number of imidazole rings is 1. The Morgan fingerprint density at radius 2 is 2.33 bits per heavy atom. The van der Waals surface area contributed by atoms with Crippen molar-refractivity contribution < 1.29 is 0 Å². The molecule has 0 saturated carbocycles. The summed E-state index contributed by atoms with van der Waals surface area (Å²) in [4.78, 5) is 7.32. The van der Waals surface area contributed by atoms with Crippen molar-refractivity contribution in [2.45, 2.75) is 0 Å². The summed E-state index contributed by atoms with van der Waals surface area (Å²) in [7, 11) is 0. The fourth-order valence-electron chi connectivity index (χ4n) is 1.07. The van der Waals surface area contributed by atoms with Crippen molar-refractivity contribution >= 4 is 17.2 Å². The molecule has 58 valence electrons. The van der Waals surface area contributed by atoms with Crippen LogP contribution in [0.1, 0.15) is 0 Å². The Kier molecular flexibility index (Phi) is 1.25. The molecule has 0 unspecified atom stereocenters. The van der Waals surface area contributed by atoms with Gasteiger partial charge in [-0.1, -0.05) is 6.57 Å². The molecule has 2 aromatic heterocycles. The monoisotopic (exact) mass is 158 g/mol. The van der Waals surface area contributed by atoms with Crippen LogP contribution in [-0.2, 0) is 0 Å². The van der Waals surface area contributed by atoms with E-state index < -0.39 is 0 Å². The van der Waals surface area contributed by atoms with Crippen LogP contribution >= 0.6 is 0 Å². The van der Waals surface area contributed by atoms with E-state index in [1.807, 2.05) is 0 Å². The van der Waals surface area contributed by atoms with Gasteiger partial charge < -0.3 is 10.6 Å². The number of nitrogens with zero attached hydrogens (tertiary/aromatic N) is 3. The molecule has 0 aliphatic rings. The molecule has 0 aromatic carbocycles. The van der Waals surface area contributed by atoms with E-state index in [9.17, 15) is 0 Å². The van der Waals surface area contributed by atoms with E-state index in [1.165, 1.54) is 6.20 Å². The van der Waals surface area contributed by atoms with Gasteiger partial charge in [0.2, 0.25) is 5.65 Å². The van der Waals surface area contributed by atoms with Crippen LogP contribution in [0.5, 0.6) is 0 Å². The molecule has 0 amide bonds. The maximum absolute atomic E-state index is 6.84. The van der Waals surface area contributed by atoms with Crippen LogP contribution in [0.15, 0.2) is 24.5 Å². The molecule has 0 saturated heterocycles. The summed E-state index contributed by atoms with van der Waals surface area (Å²) in [6.45, 7) is 6.84. The third-order valence-electron chi connectivity index (χ3n) is 1.62. The van der Waals surface area contributed by atoms with Crippen molar-refractivity contribution in [3.05, 3.63) is 35.9 Å². The Bertz CT molecular complexity index is 463. The summed E-state index contributed by atoms with van der Waals surface area (Å²) in [6, 6.07) is 3.54. The van der Waals surface area contributed by atoms with Gasteiger partial charge in [-0.15, -0.1) is 0 Å². The molecule has 0 fully saturated rings. The molecular weight excluding hydrogens is 152 g/mol. The van der Waals surface area contributed by atoms with Gasteiger partial charge in [0.1, 0.15) is 6.20 Å². The predicted molar refractivity (Wildman–Crippen MR) is 45.9 cm³/mol. The maximum atomic E-state index is 6.84. The highest BCUT2D eigenvalue weighted by Crippen LogP contribution is 2.16. The highest BCUT2D eigenvalue weighted by molar-refractivity contribution is 5.55. The van der Waals surface area contributed by atoms with Crippen molar-refractivity contribution in [2.75, 3.05) is 5.73 Å². The number of hydrogen-bond donors (Lipinski definition) is 1. The van der Waals surface area contributed by atoms with Crippen LogP contribution in [0.25, 0.3) is 10.5 Å². The number of aromatic nitrogens is 2. The Balaban J connectivity index is 2.86. The zero-order chi connectivity index (χ0) is 8.55. The van der Waals surface area contributed by atoms with Crippen LogP contribution in [0.4, 0.5) is 11.5 Å². The van der Waals surface area contributed by atoms with Gasteiger partial charge in [-0.2, -0.15) is 0 Å². The number of nitrogens with two attached hydrogens (primary N) is 1. The minimum Gasteiger partial charge on any atom is -0.396 e. The van der Waals surface area contributed by atoms with Crippen molar-refractivity contribution in [1.82, 2.24) is 9.38 Å². The average molecular weight is 158 g/mol. The number of hydrogen-bond acceptors (Lipinski definition) is 2. The van der Waals surface area contributed by atoms with Crippen LogP contribution in [0.2, 0.25) is 0 Å². The third kappa shape index (κ3) is 0.805. The SMILES string of the molecule is [C-]#[N+]c1cnc2ccc(N)cn12. The van der Waals surface area contributed by atoms with Gasteiger partial charge in [-0.25, -0.2) is 9.38 Å². The molecule has 0 radical (unpaired) electrons. The van der Waals surface area contributed by atoms with Gasteiger partial charge in [0.05, 0.1) is 11.9 Å². The number of pyridine rings is 1. The molecular formula is C8H6N4. The molecule has 2 N–H and O–H groups in total. The average Bonchev–Trinajstić information content (AvgIpc) is 2.46. The first-order chi connectivity index (χ1) is 5.81. The second-order valence-electron chi connectivity index (χ2n) is 2.42. The van der Waals surface area contributed by atoms with E-state index >= 15 is 0 Å². The summed E-state index contributed by atoms with van der Waals surface area (Å²) < 4.78 is 1.67. The highest BCUT2D eigenvalue weighted by Gasteiger charge is 2.02. The van der Waals surface area contributed by atoms with Crippen LogP contribution in [-0.4, -0.2) is 9.38 Å². The lowest BCUT2D eigenvalue weighted by Crippen LogP contribution is -1.89. The summed E-state index contributed by atoms with van der Waals surface area (Å²) >= 11 is 0. The lowest BCUT2D eigenvalue weighted by molar-refractivity contribution is 1.21. The van der Waals surface area contributed by atoms with Crippen molar-refractivity contribution in [2.24, 2.45) is 0 Å². The predicted octanol–water partition coefficient (Wildman–Crippen LogP) is 1.47. The number of rotatable bonds is 0. The van der Waals surface area contributed by atoms with Gasteiger partial charge in [0.15, 0.2) is 0 Å². The standard InChI is InChI=1S/C8H6N4/c1-10-8-4-11-7-3-2-6(9)5-12(7)8/h2-5H,9H2. The zero-order valence-electron chi connectivity index (χ0n) is 6.23. The van der Waals surface area contributed by atoms with Crippen LogP contribution in [0, 0.1) is 6.57 Å². The number of fused-ring (bicyclic) bond motifs is 1. The van der Waals surface area contributed by atoms with E-state index in [1.54, 1.807) is 22.7 Å². The van der Waals surface area contributed by atoms with Gasteiger partial charge in [0, 0.05) is 6.07 Å². The molecule has 0 atom stereocenters. The smallest absolute Gasteiger partial charge is 0.254 e. The van der Waals surface area contributed by atoms with E-state index in [0.29, 0.717) is 11.5 Å². The van der Waals surface area contributed by atoms with E-state index in [-0.39, 0.29) is 0 Å². The van der Waals surface area contributed by atoms with Gasteiger partial charge >= 0.3 is 0 Å². The van der Waals surface area contributed by atoms with E-state index in [2.05, 4.69) is 9.83 Å².